The summed E-state index contributed by atoms with van der Waals surface area (Å²) in [7, 11) is 1.33. The SMILES string of the molecule is COC(=O)c1nc(NC(=O)C2C3CCCOC32)sc1C(C)C. The Hall–Kier alpha value is -1.47. The van der Waals surface area contributed by atoms with Crippen molar-refractivity contribution in [3.8, 4) is 0 Å². The Bertz CT molecular complexity index is 586. The van der Waals surface area contributed by atoms with Gasteiger partial charge in [0.2, 0.25) is 5.91 Å². The molecule has 1 saturated heterocycles. The second-order valence-electron chi connectivity index (χ2n) is 6.03. The Morgan fingerprint density at radius 2 is 2.23 bits per heavy atom. The van der Waals surface area contributed by atoms with Crippen LogP contribution in [-0.4, -0.2) is 36.7 Å². The summed E-state index contributed by atoms with van der Waals surface area (Å²) in [5.41, 5.74) is 0.294. The fraction of sp³-hybridized carbons (Fsp3) is 0.667. The molecular formula is C15H20N2O4S. The number of ether oxygens (including phenoxy) is 2. The number of nitrogens with one attached hydrogen (secondary N) is 1. The topological polar surface area (TPSA) is 77.5 Å². The summed E-state index contributed by atoms with van der Waals surface area (Å²) in [5.74, 6) is -0.112. The molecule has 2 aliphatic rings. The summed E-state index contributed by atoms with van der Waals surface area (Å²) in [4.78, 5) is 29.2. The van der Waals surface area contributed by atoms with Crippen LogP contribution in [0, 0.1) is 11.8 Å². The molecule has 1 aromatic heterocycles. The number of esters is 1. The first kappa shape index (κ1) is 15.4. The van der Waals surface area contributed by atoms with Gasteiger partial charge >= 0.3 is 5.97 Å². The second-order valence-corrected chi connectivity index (χ2v) is 7.07. The highest BCUT2D eigenvalue weighted by atomic mass is 32.1. The van der Waals surface area contributed by atoms with Crippen LogP contribution in [0.15, 0.2) is 0 Å². The average Bonchev–Trinajstić information content (AvgIpc) is 3.09. The van der Waals surface area contributed by atoms with Crippen molar-refractivity contribution in [2.75, 3.05) is 19.0 Å². The summed E-state index contributed by atoms with van der Waals surface area (Å²) in [5, 5.41) is 3.29. The number of amides is 1. The summed E-state index contributed by atoms with van der Waals surface area (Å²) >= 11 is 1.33. The normalized spacial score (nSPS) is 26.5. The van der Waals surface area contributed by atoms with Crippen LogP contribution >= 0.6 is 11.3 Å². The molecule has 0 radical (unpaired) electrons. The summed E-state index contributed by atoms with van der Waals surface area (Å²) in [6.07, 6.45) is 2.13. The second kappa shape index (κ2) is 5.96. The predicted octanol–water partition coefficient (Wildman–Crippen LogP) is 2.42. The minimum absolute atomic E-state index is 0.0580. The van der Waals surface area contributed by atoms with Gasteiger partial charge in [0.05, 0.1) is 19.1 Å². The third kappa shape index (κ3) is 2.75. The number of anilines is 1. The molecule has 6 nitrogen and oxygen atoms in total. The zero-order chi connectivity index (χ0) is 15.9. The number of thiazole rings is 1. The van der Waals surface area contributed by atoms with Gasteiger partial charge in [-0.05, 0) is 18.8 Å². The minimum Gasteiger partial charge on any atom is -0.464 e. The van der Waals surface area contributed by atoms with Crippen molar-refractivity contribution in [3.63, 3.8) is 0 Å². The molecule has 2 heterocycles. The highest BCUT2D eigenvalue weighted by Crippen LogP contribution is 2.48. The lowest BCUT2D eigenvalue weighted by molar-refractivity contribution is -0.118. The molecular weight excluding hydrogens is 304 g/mol. The lowest BCUT2D eigenvalue weighted by Gasteiger charge is -2.07. The van der Waals surface area contributed by atoms with Crippen molar-refractivity contribution >= 4 is 28.3 Å². The minimum atomic E-state index is -0.469. The van der Waals surface area contributed by atoms with E-state index in [-0.39, 0.29) is 23.8 Å². The Kier molecular flexibility index (Phi) is 4.18. The molecule has 1 aromatic rings. The van der Waals surface area contributed by atoms with Gasteiger partial charge in [0.15, 0.2) is 10.8 Å². The van der Waals surface area contributed by atoms with Crippen molar-refractivity contribution in [1.29, 1.82) is 0 Å². The van der Waals surface area contributed by atoms with Crippen LogP contribution in [0.2, 0.25) is 0 Å². The molecule has 3 unspecified atom stereocenters. The molecule has 1 N–H and O–H groups in total. The van der Waals surface area contributed by atoms with E-state index >= 15 is 0 Å². The van der Waals surface area contributed by atoms with Gasteiger partial charge in [-0.2, -0.15) is 0 Å². The molecule has 0 aromatic carbocycles. The average molecular weight is 324 g/mol. The van der Waals surface area contributed by atoms with E-state index in [9.17, 15) is 9.59 Å². The maximum absolute atomic E-state index is 12.3. The van der Waals surface area contributed by atoms with Crippen LogP contribution in [0.25, 0.3) is 0 Å². The molecule has 120 valence electrons. The Morgan fingerprint density at radius 1 is 1.45 bits per heavy atom. The van der Waals surface area contributed by atoms with Crippen LogP contribution in [0.1, 0.15) is 48.0 Å². The van der Waals surface area contributed by atoms with Gasteiger partial charge in [0.1, 0.15) is 0 Å². The number of fused-ring (bicyclic) bond motifs is 1. The molecule has 1 saturated carbocycles. The summed E-state index contributed by atoms with van der Waals surface area (Å²) in [6.45, 7) is 4.70. The zero-order valence-electron chi connectivity index (χ0n) is 12.9. The molecule has 1 amide bonds. The van der Waals surface area contributed by atoms with Crippen molar-refractivity contribution < 1.29 is 19.1 Å². The summed E-state index contributed by atoms with van der Waals surface area (Å²) in [6, 6.07) is 0. The van der Waals surface area contributed by atoms with Crippen LogP contribution in [0.4, 0.5) is 5.13 Å². The van der Waals surface area contributed by atoms with Crippen molar-refractivity contribution in [1.82, 2.24) is 4.98 Å². The lowest BCUT2D eigenvalue weighted by Crippen LogP contribution is -2.16. The van der Waals surface area contributed by atoms with Crippen LogP contribution in [0.5, 0.6) is 0 Å². The monoisotopic (exact) mass is 324 g/mol. The lowest BCUT2D eigenvalue weighted by atomic mass is 10.1. The Balaban J connectivity index is 1.72. The number of hydrogen-bond donors (Lipinski definition) is 1. The molecule has 3 atom stereocenters. The first-order valence-corrected chi connectivity index (χ1v) is 8.36. The first-order valence-electron chi connectivity index (χ1n) is 7.54. The Labute approximate surface area is 133 Å². The highest BCUT2D eigenvalue weighted by Gasteiger charge is 2.56. The number of rotatable bonds is 4. The Morgan fingerprint density at radius 3 is 2.82 bits per heavy atom. The van der Waals surface area contributed by atoms with E-state index in [1.807, 2.05) is 13.8 Å². The van der Waals surface area contributed by atoms with Crippen molar-refractivity contribution in [2.24, 2.45) is 11.8 Å². The molecule has 0 spiro atoms. The van der Waals surface area contributed by atoms with Crippen molar-refractivity contribution in [2.45, 2.75) is 38.7 Å². The number of aromatic nitrogens is 1. The van der Waals surface area contributed by atoms with Crippen LogP contribution < -0.4 is 5.32 Å². The van der Waals surface area contributed by atoms with E-state index in [0.29, 0.717) is 16.7 Å². The molecule has 7 heteroatoms. The molecule has 3 rings (SSSR count). The van der Waals surface area contributed by atoms with Gasteiger partial charge in [0, 0.05) is 17.4 Å². The van der Waals surface area contributed by atoms with Gasteiger partial charge in [0.25, 0.3) is 0 Å². The number of nitrogens with zero attached hydrogens (tertiary/aromatic N) is 1. The zero-order valence-corrected chi connectivity index (χ0v) is 13.7. The number of methoxy groups -OCH3 is 1. The van der Waals surface area contributed by atoms with E-state index in [2.05, 4.69) is 10.3 Å². The maximum Gasteiger partial charge on any atom is 0.357 e. The van der Waals surface area contributed by atoms with E-state index < -0.39 is 5.97 Å². The fourth-order valence-electron chi connectivity index (χ4n) is 3.00. The van der Waals surface area contributed by atoms with E-state index in [0.717, 1.165) is 24.3 Å². The standard InChI is InChI=1S/C15H20N2O4S/c1-7(2)12-10(14(19)20-3)16-15(22-12)17-13(18)9-8-5-4-6-21-11(8)9/h7-9,11H,4-6H2,1-3H3,(H,16,17,18). The van der Waals surface area contributed by atoms with Gasteiger partial charge < -0.3 is 14.8 Å². The van der Waals surface area contributed by atoms with Crippen LogP contribution in [-0.2, 0) is 14.3 Å². The molecule has 0 bridgehead atoms. The quantitative estimate of drug-likeness (QED) is 0.861. The van der Waals surface area contributed by atoms with E-state index in [4.69, 9.17) is 9.47 Å². The number of carbonyl (C=O) groups excluding carboxylic acids is 2. The highest BCUT2D eigenvalue weighted by molar-refractivity contribution is 7.16. The third-order valence-corrected chi connectivity index (χ3v) is 5.45. The van der Waals surface area contributed by atoms with E-state index in [1.165, 1.54) is 18.4 Å². The van der Waals surface area contributed by atoms with Crippen LogP contribution in [0.3, 0.4) is 0 Å². The predicted molar refractivity (Wildman–Crippen MR) is 82.1 cm³/mol. The largest absolute Gasteiger partial charge is 0.464 e. The molecule has 2 fully saturated rings. The van der Waals surface area contributed by atoms with Crippen molar-refractivity contribution in [3.05, 3.63) is 10.6 Å². The van der Waals surface area contributed by atoms with Gasteiger partial charge in [-0.3, -0.25) is 4.79 Å². The smallest absolute Gasteiger partial charge is 0.357 e. The fourth-order valence-corrected chi connectivity index (χ4v) is 3.96. The maximum atomic E-state index is 12.3. The van der Waals surface area contributed by atoms with E-state index in [1.54, 1.807) is 0 Å². The number of hydrogen-bond acceptors (Lipinski definition) is 6. The molecule has 1 aliphatic heterocycles. The number of carbonyl (C=O) groups is 2. The third-order valence-electron chi connectivity index (χ3n) is 4.18. The van der Waals surface area contributed by atoms with Gasteiger partial charge in [-0.1, -0.05) is 13.8 Å². The first-order chi connectivity index (χ1) is 10.5. The molecule has 1 aliphatic carbocycles. The van der Waals surface area contributed by atoms with Gasteiger partial charge in [-0.15, -0.1) is 11.3 Å². The summed E-state index contributed by atoms with van der Waals surface area (Å²) < 4.78 is 10.3. The molecule has 22 heavy (non-hydrogen) atoms. The van der Waals surface area contributed by atoms with Gasteiger partial charge in [-0.25, -0.2) is 9.78 Å².